The highest BCUT2D eigenvalue weighted by atomic mass is 16.3. The van der Waals surface area contributed by atoms with Gasteiger partial charge in [-0.1, -0.05) is 39.0 Å². The summed E-state index contributed by atoms with van der Waals surface area (Å²) in [6.07, 6.45) is 2.37. The second kappa shape index (κ2) is 6.08. The van der Waals surface area contributed by atoms with Crippen LogP contribution in [-0.4, -0.2) is 15.3 Å². The van der Waals surface area contributed by atoms with Gasteiger partial charge >= 0.3 is 0 Å². The van der Waals surface area contributed by atoms with Crippen molar-refractivity contribution in [1.82, 2.24) is 0 Å². The average molecular weight is 286 g/mol. The minimum absolute atomic E-state index is 0.226. The van der Waals surface area contributed by atoms with Crippen LogP contribution in [0.4, 0.5) is 0 Å². The summed E-state index contributed by atoms with van der Waals surface area (Å²) >= 11 is 0. The van der Waals surface area contributed by atoms with Crippen molar-refractivity contribution < 1.29 is 15.3 Å². The van der Waals surface area contributed by atoms with Crippen LogP contribution >= 0.6 is 0 Å². The van der Waals surface area contributed by atoms with Crippen LogP contribution < -0.4 is 0 Å². The lowest BCUT2D eigenvalue weighted by Gasteiger charge is -2.16. The minimum atomic E-state index is -0.444. The Labute approximate surface area is 125 Å². The third-order valence-corrected chi connectivity index (χ3v) is 3.97. The predicted molar refractivity (Wildman–Crippen MR) is 85.0 cm³/mol. The van der Waals surface area contributed by atoms with E-state index in [0.29, 0.717) is 12.0 Å². The van der Waals surface area contributed by atoms with Crippen LogP contribution in [-0.2, 0) is 19.3 Å². The Kier molecular flexibility index (Phi) is 4.41. The van der Waals surface area contributed by atoms with Gasteiger partial charge in [0.25, 0.3) is 0 Å². The van der Waals surface area contributed by atoms with Crippen LogP contribution in [0.15, 0.2) is 24.3 Å². The fourth-order valence-electron chi connectivity index (χ4n) is 2.68. The molecular formula is C18H22O3. The molecule has 3 heteroatoms. The van der Waals surface area contributed by atoms with Gasteiger partial charge in [0, 0.05) is 5.56 Å². The largest absolute Gasteiger partial charge is 0.504 e. The Morgan fingerprint density at radius 3 is 2.05 bits per heavy atom. The summed E-state index contributed by atoms with van der Waals surface area (Å²) in [5.74, 6) is -0.958. The van der Waals surface area contributed by atoms with Crippen molar-refractivity contribution in [2.24, 2.45) is 0 Å². The standard InChI is InChI=1S/C18H22O3/c1-4-11-7-8-12(5-2)14(9-11)15-10-16(19)18(21)17(20)13(15)6-3/h7-10,19-21H,4-6H2,1-3H3. The molecule has 21 heavy (non-hydrogen) atoms. The Hall–Kier alpha value is -2.16. The van der Waals surface area contributed by atoms with Crippen LogP contribution in [0.25, 0.3) is 11.1 Å². The van der Waals surface area contributed by atoms with E-state index in [1.54, 1.807) is 6.07 Å². The lowest BCUT2D eigenvalue weighted by atomic mass is 9.90. The molecule has 0 atom stereocenters. The molecule has 0 fully saturated rings. The zero-order valence-electron chi connectivity index (χ0n) is 12.8. The SMILES string of the molecule is CCc1ccc(CC)c(-c2cc(O)c(O)c(O)c2CC)c1. The first-order valence-electron chi connectivity index (χ1n) is 7.42. The van der Waals surface area contributed by atoms with Crippen molar-refractivity contribution in [1.29, 1.82) is 0 Å². The van der Waals surface area contributed by atoms with Crippen molar-refractivity contribution in [3.63, 3.8) is 0 Å². The van der Waals surface area contributed by atoms with E-state index in [-0.39, 0.29) is 11.5 Å². The van der Waals surface area contributed by atoms with Gasteiger partial charge < -0.3 is 15.3 Å². The first-order chi connectivity index (χ1) is 10.0. The number of phenolic OH excluding ortho intramolecular Hbond substituents is 3. The molecule has 0 bridgehead atoms. The number of aryl methyl sites for hydroxylation is 2. The molecule has 3 N–H and O–H groups in total. The van der Waals surface area contributed by atoms with E-state index in [2.05, 4.69) is 32.0 Å². The number of hydrogen-bond donors (Lipinski definition) is 3. The van der Waals surface area contributed by atoms with Gasteiger partial charge in [-0.05, 0) is 47.6 Å². The molecule has 2 aromatic rings. The molecule has 0 spiro atoms. The smallest absolute Gasteiger partial charge is 0.200 e. The van der Waals surface area contributed by atoms with Gasteiger partial charge in [-0.25, -0.2) is 0 Å². The first-order valence-corrected chi connectivity index (χ1v) is 7.42. The molecule has 112 valence electrons. The molecule has 0 radical (unpaired) electrons. The number of phenols is 3. The normalized spacial score (nSPS) is 10.8. The fourth-order valence-corrected chi connectivity index (χ4v) is 2.68. The van der Waals surface area contributed by atoms with Crippen molar-refractivity contribution in [3.8, 4) is 28.4 Å². The molecule has 0 aliphatic heterocycles. The summed E-state index contributed by atoms with van der Waals surface area (Å²) in [5, 5.41) is 29.7. The van der Waals surface area contributed by atoms with Crippen molar-refractivity contribution in [2.75, 3.05) is 0 Å². The Bertz CT molecular complexity index is 660. The summed E-state index contributed by atoms with van der Waals surface area (Å²) in [7, 11) is 0. The molecule has 2 rings (SSSR count). The van der Waals surface area contributed by atoms with E-state index in [4.69, 9.17) is 0 Å². The third kappa shape index (κ3) is 2.68. The van der Waals surface area contributed by atoms with Crippen molar-refractivity contribution in [3.05, 3.63) is 41.0 Å². The second-order valence-corrected chi connectivity index (χ2v) is 5.17. The molecule has 0 unspecified atom stereocenters. The van der Waals surface area contributed by atoms with Gasteiger partial charge in [-0.15, -0.1) is 0 Å². The summed E-state index contributed by atoms with van der Waals surface area (Å²) in [4.78, 5) is 0. The summed E-state index contributed by atoms with van der Waals surface area (Å²) in [5.41, 5.74) is 4.83. The topological polar surface area (TPSA) is 60.7 Å². The van der Waals surface area contributed by atoms with E-state index in [0.717, 1.165) is 29.5 Å². The maximum Gasteiger partial charge on any atom is 0.200 e. The van der Waals surface area contributed by atoms with Crippen molar-refractivity contribution >= 4 is 0 Å². The van der Waals surface area contributed by atoms with Gasteiger partial charge in [-0.2, -0.15) is 0 Å². The summed E-state index contributed by atoms with van der Waals surface area (Å²) < 4.78 is 0. The molecular weight excluding hydrogens is 264 g/mol. The van der Waals surface area contributed by atoms with E-state index < -0.39 is 5.75 Å². The molecule has 0 aliphatic rings. The second-order valence-electron chi connectivity index (χ2n) is 5.17. The van der Waals surface area contributed by atoms with Crippen molar-refractivity contribution in [2.45, 2.75) is 40.0 Å². The van der Waals surface area contributed by atoms with E-state index in [1.807, 2.05) is 6.92 Å². The molecule has 0 saturated heterocycles. The number of hydrogen-bond acceptors (Lipinski definition) is 3. The third-order valence-electron chi connectivity index (χ3n) is 3.97. The molecule has 3 nitrogen and oxygen atoms in total. The highest BCUT2D eigenvalue weighted by Gasteiger charge is 2.18. The predicted octanol–water partition coefficient (Wildman–Crippen LogP) is 4.16. The highest BCUT2D eigenvalue weighted by molar-refractivity contribution is 5.77. The van der Waals surface area contributed by atoms with Crippen LogP contribution in [0.3, 0.4) is 0 Å². The van der Waals surface area contributed by atoms with Gasteiger partial charge in [0.15, 0.2) is 11.5 Å². The zero-order chi connectivity index (χ0) is 15.6. The number of rotatable bonds is 4. The fraction of sp³-hybridized carbons (Fsp3) is 0.333. The summed E-state index contributed by atoms with van der Waals surface area (Å²) in [6.45, 7) is 6.10. The number of aromatic hydroxyl groups is 3. The van der Waals surface area contributed by atoms with Gasteiger partial charge in [0.2, 0.25) is 5.75 Å². The minimum Gasteiger partial charge on any atom is -0.504 e. The van der Waals surface area contributed by atoms with E-state index >= 15 is 0 Å². The van der Waals surface area contributed by atoms with E-state index in [9.17, 15) is 15.3 Å². The van der Waals surface area contributed by atoms with Crippen LogP contribution in [0.1, 0.15) is 37.5 Å². The highest BCUT2D eigenvalue weighted by Crippen LogP contribution is 2.44. The molecule has 0 aliphatic carbocycles. The monoisotopic (exact) mass is 286 g/mol. The summed E-state index contributed by atoms with van der Waals surface area (Å²) in [6, 6.07) is 7.84. The van der Waals surface area contributed by atoms with Crippen LogP contribution in [0.5, 0.6) is 17.2 Å². The van der Waals surface area contributed by atoms with Crippen LogP contribution in [0, 0.1) is 0 Å². The molecule has 0 heterocycles. The molecule has 2 aromatic carbocycles. The lowest BCUT2D eigenvalue weighted by molar-refractivity contribution is 0.365. The lowest BCUT2D eigenvalue weighted by Crippen LogP contribution is -1.95. The Morgan fingerprint density at radius 1 is 0.762 bits per heavy atom. The maximum absolute atomic E-state index is 10.1. The van der Waals surface area contributed by atoms with Crippen LogP contribution in [0.2, 0.25) is 0 Å². The maximum atomic E-state index is 10.1. The van der Waals surface area contributed by atoms with Gasteiger partial charge in [0.1, 0.15) is 0 Å². The average Bonchev–Trinajstić information content (AvgIpc) is 2.51. The molecule has 0 saturated carbocycles. The first kappa shape index (κ1) is 15.2. The molecule has 0 amide bonds. The Balaban J connectivity index is 2.77. The zero-order valence-corrected chi connectivity index (χ0v) is 12.8. The Morgan fingerprint density at radius 2 is 1.48 bits per heavy atom. The van der Waals surface area contributed by atoms with Gasteiger partial charge in [0.05, 0.1) is 0 Å². The quantitative estimate of drug-likeness (QED) is 0.740. The van der Waals surface area contributed by atoms with Gasteiger partial charge in [-0.3, -0.25) is 0 Å². The molecule has 0 aromatic heterocycles. The van der Waals surface area contributed by atoms with E-state index in [1.165, 1.54) is 5.56 Å². The number of benzene rings is 2.